The number of hydrogen-bond donors (Lipinski definition) is 0. The normalized spacial score (nSPS) is 10.6. The molecular formula is C9H8Cl2N4. The van der Waals surface area contributed by atoms with Gasteiger partial charge >= 0.3 is 0 Å². The van der Waals surface area contributed by atoms with Crippen LogP contribution in [-0.4, -0.2) is 19.7 Å². The third kappa shape index (κ3) is 2.46. The van der Waals surface area contributed by atoms with E-state index < -0.39 is 0 Å². The molecule has 0 aliphatic carbocycles. The van der Waals surface area contributed by atoms with Gasteiger partial charge in [0.2, 0.25) is 0 Å². The lowest BCUT2D eigenvalue weighted by Crippen LogP contribution is -1.98. The highest BCUT2D eigenvalue weighted by Gasteiger charge is 2.05. The number of aromatic nitrogens is 4. The molecule has 0 aliphatic rings. The average Bonchev–Trinajstić information content (AvgIpc) is 2.50. The predicted octanol–water partition coefficient (Wildman–Crippen LogP) is 2.11. The van der Waals surface area contributed by atoms with Gasteiger partial charge in [-0.3, -0.25) is 0 Å². The summed E-state index contributed by atoms with van der Waals surface area (Å²) in [6.45, 7) is 0. The Bertz CT molecular complexity index is 460. The number of nitrogens with zero attached hydrogens (tertiary/aromatic N) is 4. The Morgan fingerprint density at radius 2 is 1.93 bits per heavy atom. The number of aryl methyl sites for hydroxylation is 1. The van der Waals surface area contributed by atoms with Gasteiger partial charge in [-0.15, -0.1) is 10.2 Å². The van der Waals surface area contributed by atoms with Gasteiger partial charge in [0.15, 0.2) is 0 Å². The molecule has 2 aromatic heterocycles. The van der Waals surface area contributed by atoms with Gasteiger partial charge < -0.3 is 4.57 Å². The molecule has 0 saturated carbocycles. The Labute approximate surface area is 96.9 Å². The summed E-state index contributed by atoms with van der Waals surface area (Å²) in [6, 6.07) is 3.53. The summed E-state index contributed by atoms with van der Waals surface area (Å²) < 4.78 is 1.85. The second kappa shape index (κ2) is 4.16. The second-order valence-corrected chi connectivity index (χ2v) is 3.93. The largest absolute Gasteiger partial charge is 0.320 e. The van der Waals surface area contributed by atoms with E-state index in [0.29, 0.717) is 16.7 Å². The molecule has 15 heavy (non-hydrogen) atoms. The van der Waals surface area contributed by atoms with Crippen molar-refractivity contribution in [1.82, 2.24) is 19.7 Å². The highest BCUT2D eigenvalue weighted by atomic mass is 35.5. The topological polar surface area (TPSA) is 43.6 Å². The lowest BCUT2D eigenvalue weighted by Gasteiger charge is -2.02. The SMILES string of the molecule is Cn1cnnc1Cc1cc(Cl)nc(Cl)c1. The van der Waals surface area contributed by atoms with Crippen LogP contribution in [0.1, 0.15) is 11.4 Å². The molecule has 0 saturated heterocycles. The van der Waals surface area contributed by atoms with Crippen LogP contribution < -0.4 is 0 Å². The van der Waals surface area contributed by atoms with Gasteiger partial charge in [-0.1, -0.05) is 23.2 Å². The van der Waals surface area contributed by atoms with Gasteiger partial charge in [0.05, 0.1) is 0 Å². The molecule has 0 fully saturated rings. The van der Waals surface area contributed by atoms with Crippen molar-refractivity contribution in [2.75, 3.05) is 0 Å². The minimum Gasteiger partial charge on any atom is -0.320 e. The van der Waals surface area contributed by atoms with Gasteiger partial charge in [-0.2, -0.15) is 0 Å². The third-order valence-electron chi connectivity index (χ3n) is 1.99. The van der Waals surface area contributed by atoms with Crippen molar-refractivity contribution in [2.24, 2.45) is 7.05 Å². The second-order valence-electron chi connectivity index (χ2n) is 3.16. The molecule has 0 spiro atoms. The summed E-state index contributed by atoms with van der Waals surface area (Å²) in [4.78, 5) is 3.87. The van der Waals surface area contributed by atoms with Crippen LogP contribution in [0.2, 0.25) is 10.3 Å². The van der Waals surface area contributed by atoms with Gasteiger partial charge in [0, 0.05) is 13.5 Å². The maximum absolute atomic E-state index is 5.79. The van der Waals surface area contributed by atoms with Gasteiger partial charge in [-0.25, -0.2) is 4.98 Å². The molecule has 0 radical (unpaired) electrons. The van der Waals surface area contributed by atoms with Crippen LogP contribution in [0.15, 0.2) is 18.5 Å². The molecule has 0 amide bonds. The Morgan fingerprint density at radius 1 is 1.27 bits per heavy atom. The molecule has 6 heteroatoms. The zero-order valence-corrected chi connectivity index (χ0v) is 9.50. The highest BCUT2D eigenvalue weighted by molar-refractivity contribution is 6.32. The number of pyridine rings is 1. The van der Waals surface area contributed by atoms with E-state index in [1.807, 2.05) is 11.6 Å². The molecule has 2 rings (SSSR count). The van der Waals surface area contributed by atoms with E-state index in [2.05, 4.69) is 15.2 Å². The average molecular weight is 243 g/mol. The fraction of sp³-hybridized carbons (Fsp3) is 0.222. The van der Waals surface area contributed by atoms with Gasteiger partial charge in [0.1, 0.15) is 22.5 Å². The first kappa shape index (κ1) is 10.4. The first-order chi connectivity index (χ1) is 7.15. The Morgan fingerprint density at radius 3 is 2.47 bits per heavy atom. The van der Waals surface area contributed by atoms with Crippen molar-refractivity contribution >= 4 is 23.2 Å². The zero-order chi connectivity index (χ0) is 10.8. The highest BCUT2D eigenvalue weighted by Crippen LogP contribution is 2.16. The van der Waals surface area contributed by atoms with E-state index in [4.69, 9.17) is 23.2 Å². The van der Waals surface area contributed by atoms with Crippen molar-refractivity contribution in [2.45, 2.75) is 6.42 Å². The van der Waals surface area contributed by atoms with Gasteiger partial charge in [-0.05, 0) is 17.7 Å². The van der Waals surface area contributed by atoms with E-state index in [1.165, 1.54) is 0 Å². The van der Waals surface area contributed by atoms with Crippen LogP contribution in [0.5, 0.6) is 0 Å². The molecule has 0 N–H and O–H groups in total. The minimum atomic E-state index is 0.389. The number of rotatable bonds is 2. The quantitative estimate of drug-likeness (QED) is 0.758. The lowest BCUT2D eigenvalue weighted by atomic mass is 10.2. The number of halogens is 2. The summed E-state index contributed by atoms with van der Waals surface area (Å²) in [6.07, 6.45) is 2.29. The van der Waals surface area contributed by atoms with Crippen LogP contribution in [0.3, 0.4) is 0 Å². The molecular weight excluding hydrogens is 235 g/mol. The molecule has 0 bridgehead atoms. The summed E-state index contributed by atoms with van der Waals surface area (Å²) >= 11 is 11.6. The molecule has 4 nitrogen and oxygen atoms in total. The zero-order valence-electron chi connectivity index (χ0n) is 7.98. The monoisotopic (exact) mass is 242 g/mol. The maximum Gasteiger partial charge on any atom is 0.136 e. The molecule has 0 aliphatic heterocycles. The minimum absolute atomic E-state index is 0.389. The number of hydrogen-bond acceptors (Lipinski definition) is 3. The molecule has 2 heterocycles. The molecule has 2 aromatic rings. The fourth-order valence-corrected chi connectivity index (χ4v) is 1.77. The summed E-state index contributed by atoms with van der Waals surface area (Å²) in [5.74, 6) is 0.855. The van der Waals surface area contributed by atoms with Crippen molar-refractivity contribution in [3.63, 3.8) is 0 Å². The lowest BCUT2D eigenvalue weighted by molar-refractivity contribution is 0.820. The summed E-state index contributed by atoms with van der Waals surface area (Å²) in [7, 11) is 1.89. The van der Waals surface area contributed by atoms with E-state index in [-0.39, 0.29) is 0 Å². The van der Waals surface area contributed by atoms with Crippen LogP contribution in [0.4, 0.5) is 0 Å². The summed E-state index contributed by atoms with van der Waals surface area (Å²) in [5, 5.41) is 8.55. The van der Waals surface area contributed by atoms with Crippen LogP contribution in [-0.2, 0) is 13.5 Å². The van der Waals surface area contributed by atoms with Crippen molar-refractivity contribution in [3.8, 4) is 0 Å². The Balaban J connectivity index is 2.28. The summed E-state index contributed by atoms with van der Waals surface area (Å²) in [5.41, 5.74) is 0.969. The smallest absolute Gasteiger partial charge is 0.136 e. The van der Waals surface area contributed by atoms with E-state index in [0.717, 1.165) is 11.4 Å². The van der Waals surface area contributed by atoms with Crippen LogP contribution >= 0.6 is 23.2 Å². The van der Waals surface area contributed by atoms with E-state index in [9.17, 15) is 0 Å². The standard InChI is InChI=1S/C9H8Cl2N4/c1-15-5-12-14-9(15)4-6-2-7(10)13-8(11)3-6/h2-3,5H,4H2,1H3. The van der Waals surface area contributed by atoms with Crippen LogP contribution in [0, 0.1) is 0 Å². The first-order valence-corrected chi connectivity index (χ1v) is 5.05. The van der Waals surface area contributed by atoms with Crippen molar-refractivity contribution in [3.05, 3.63) is 40.2 Å². The molecule has 78 valence electrons. The molecule has 0 atom stereocenters. The predicted molar refractivity (Wildman–Crippen MR) is 58.1 cm³/mol. The van der Waals surface area contributed by atoms with Gasteiger partial charge in [0.25, 0.3) is 0 Å². The van der Waals surface area contributed by atoms with E-state index >= 15 is 0 Å². The third-order valence-corrected chi connectivity index (χ3v) is 2.38. The molecule has 0 unspecified atom stereocenters. The van der Waals surface area contributed by atoms with Crippen molar-refractivity contribution < 1.29 is 0 Å². The molecule has 0 aromatic carbocycles. The Hall–Kier alpha value is -1.13. The van der Waals surface area contributed by atoms with Crippen molar-refractivity contribution in [1.29, 1.82) is 0 Å². The fourth-order valence-electron chi connectivity index (χ4n) is 1.27. The van der Waals surface area contributed by atoms with Crippen LogP contribution in [0.25, 0.3) is 0 Å². The first-order valence-electron chi connectivity index (χ1n) is 4.30. The Kier molecular flexibility index (Phi) is 2.88. The van der Waals surface area contributed by atoms with E-state index in [1.54, 1.807) is 18.5 Å². The maximum atomic E-state index is 5.79.